The van der Waals surface area contributed by atoms with Crippen LogP contribution in [0.15, 0.2) is 188 Å². The molecule has 0 spiro atoms. The van der Waals surface area contributed by atoms with Gasteiger partial charge in [0.2, 0.25) is 0 Å². The van der Waals surface area contributed by atoms with Crippen molar-refractivity contribution in [2.75, 3.05) is 0 Å². The van der Waals surface area contributed by atoms with E-state index in [1.54, 1.807) is 0 Å². The van der Waals surface area contributed by atoms with Gasteiger partial charge in [0.15, 0.2) is 0 Å². The van der Waals surface area contributed by atoms with Crippen molar-refractivity contribution in [1.82, 2.24) is 14.0 Å². The van der Waals surface area contributed by atoms with E-state index in [4.69, 9.17) is 4.98 Å². The predicted octanol–water partition coefficient (Wildman–Crippen LogP) is 12.9. The third-order valence-electron chi connectivity index (χ3n) is 10.6. The van der Waals surface area contributed by atoms with E-state index in [1.807, 2.05) is 0 Å². The molecule has 0 fully saturated rings. The Bertz CT molecular complexity index is 3110. The molecule has 0 aliphatic rings. The zero-order valence-corrected chi connectivity index (χ0v) is 28.2. The fraction of sp³-hybridized carbons (Fsp3) is 0. The highest BCUT2D eigenvalue weighted by Crippen LogP contribution is 2.42. The Morgan fingerprint density at radius 2 is 0.962 bits per heavy atom. The molecule has 0 radical (unpaired) electrons. The Morgan fingerprint density at radius 3 is 1.75 bits per heavy atom. The van der Waals surface area contributed by atoms with E-state index in [1.165, 1.54) is 65.5 Å². The molecule has 0 unspecified atom stereocenters. The molecule has 0 aliphatic carbocycles. The van der Waals surface area contributed by atoms with Gasteiger partial charge in [-0.15, -0.1) is 0 Å². The van der Waals surface area contributed by atoms with Gasteiger partial charge in [-0.05, 0) is 65.0 Å². The van der Waals surface area contributed by atoms with Crippen LogP contribution in [-0.4, -0.2) is 14.0 Å². The molecule has 4 heterocycles. The Labute approximate surface area is 300 Å². The summed E-state index contributed by atoms with van der Waals surface area (Å²) in [5.41, 5.74) is 13.5. The van der Waals surface area contributed by atoms with Crippen LogP contribution < -0.4 is 0 Å². The summed E-state index contributed by atoms with van der Waals surface area (Å²) in [6, 6.07) is 67.8. The van der Waals surface area contributed by atoms with Crippen LogP contribution in [0.3, 0.4) is 0 Å². The van der Waals surface area contributed by atoms with Gasteiger partial charge in [-0.25, -0.2) is 4.98 Å². The zero-order chi connectivity index (χ0) is 34.2. The molecule has 7 aromatic carbocycles. The van der Waals surface area contributed by atoms with Crippen LogP contribution in [0.4, 0.5) is 0 Å². The third kappa shape index (κ3) is 4.30. The Kier molecular flexibility index (Phi) is 6.25. The summed E-state index contributed by atoms with van der Waals surface area (Å²) in [6.07, 6.45) is 0. The molecule has 0 amide bonds. The maximum Gasteiger partial charge on any atom is 0.0716 e. The fourth-order valence-corrected chi connectivity index (χ4v) is 8.34. The summed E-state index contributed by atoms with van der Waals surface area (Å²) in [6.45, 7) is 0. The Hall–Kier alpha value is -6.97. The second-order valence-corrected chi connectivity index (χ2v) is 13.6. The molecule has 52 heavy (non-hydrogen) atoms. The molecule has 4 aromatic heterocycles. The first-order valence-corrected chi connectivity index (χ1v) is 17.8. The molecular formula is C49H31N3. The van der Waals surface area contributed by atoms with E-state index in [0.29, 0.717) is 0 Å². The van der Waals surface area contributed by atoms with Crippen molar-refractivity contribution in [2.24, 2.45) is 0 Å². The molecule has 3 heteroatoms. The van der Waals surface area contributed by atoms with E-state index >= 15 is 0 Å². The summed E-state index contributed by atoms with van der Waals surface area (Å²) < 4.78 is 4.93. The smallest absolute Gasteiger partial charge is 0.0716 e. The first-order chi connectivity index (χ1) is 25.8. The third-order valence-corrected chi connectivity index (χ3v) is 10.6. The normalized spacial score (nSPS) is 11.8. The maximum absolute atomic E-state index is 5.28. The van der Waals surface area contributed by atoms with E-state index in [-0.39, 0.29) is 0 Å². The van der Waals surface area contributed by atoms with E-state index in [9.17, 15) is 0 Å². The van der Waals surface area contributed by atoms with Crippen LogP contribution in [0.25, 0.3) is 99.2 Å². The lowest BCUT2D eigenvalue weighted by molar-refractivity contribution is 1.18. The number of rotatable bonds is 4. The largest absolute Gasteiger partial charge is 0.309 e. The lowest BCUT2D eigenvalue weighted by Crippen LogP contribution is -1.98. The average Bonchev–Trinajstić information content (AvgIpc) is 3.78. The van der Waals surface area contributed by atoms with Crippen molar-refractivity contribution in [2.45, 2.75) is 0 Å². The Morgan fingerprint density at radius 1 is 0.346 bits per heavy atom. The topological polar surface area (TPSA) is 22.2 Å². The van der Waals surface area contributed by atoms with E-state index in [2.05, 4.69) is 197 Å². The van der Waals surface area contributed by atoms with Gasteiger partial charge in [0.25, 0.3) is 0 Å². The monoisotopic (exact) mass is 661 g/mol. The van der Waals surface area contributed by atoms with Crippen LogP contribution in [0.2, 0.25) is 0 Å². The summed E-state index contributed by atoms with van der Waals surface area (Å²) in [5, 5.41) is 7.47. The van der Waals surface area contributed by atoms with Crippen LogP contribution in [-0.2, 0) is 0 Å². The average molecular weight is 662 g/mol. The van der Waals surface area contributed by atoms with Crippen molar-refractivity contribution in [3.63, 3.8) is 0 Å². The lowest BCUT2D eigenvalue weighted by Gasteiger charge is -2.15. The lowest BCUT2D eigenvalue weighted by atomic mass is 10.00. The number of hydrogen-bond acceptors (Lipinski definition) is 1. The van der Waals surface area contributed by atoms with Gasteiger partial charge in [0.1, 0.15) is 0 Å². The molecule has 0 saturated carbocycles. The molecule has 3 nitrogen and oxygen atoms in total. The summed E-state index contributed by atoms with van der Waals surface area (Å²) in [7, 11) is 0. The summed E-state index contributed by atoms with van der Waals surface area (Å²) in [4.78, 5) is 5.28. The minimum atomic E-state index is 0.943. The molecule has 11 rings (SSSR count). The molecule has 242 valence electrons. The fourth-order valence-electron chi connectivity index (χ4n) is 8.34. The van der Waals surface area contributed by atoms with Crippen LogP contribution in [0, 0.1) is 0 Å². The van der Waals surface area contributed by atoms with E-state index in [0.717, 1.165) is 33.8 Å². The number of fused-ring (bicyclic) bond motifs is 12. The molecule has 0 atom stereocenters. The highest BCUT2D eigenvalue weighted by Gasteiger charge is 2.20. The Balaban J connectivity index is 1.23. The number of benzene rings is 7. The quantitative estimate of drug-likeness (QED) is 0.172. The highest BCUT2D eigenvalue weighted by molar-refractivity contribution is 6.27. The maximum atomic E-state index is 5.28. The minimum absolute atomic E-state index is 0.943. The number of hydrogen-bond donors (Lipinski definition) is 0. The van der Waals surface area contributed by atoms with Crippen LogP contribution in [0.5, 0.6) is 0 Å². The number of nitrogens with zero attached hydrogens (tertiary/aromatic N) is 3. The zero-order valence-electron chi connectivity index (χ0n) is 28.2. The second-order valence-electron chi connectivity index (χ2n) is 13.6. The van der Waals surface area contributed by atoms with Crippen LogP contribution >= 0.6 is 0 Å². The SMILES string of the molecule is c1ccc(-c2cc(-c3ccccc3)nc(-c3cccc(-n4c5ccccc5c5ccc6c(c7ccccc7c7cc8ccccc8n76)c54)c3)c2)cc1. The number of pyridine rings is 2. The first kappa shape index (κ1) is 28.8. The van der Waals surface area contributed by atoms with E-state index < -0.39 is 0 Å². The molecule has 11 aromatic rings. The first-order valence-electron chi connectivity index (χ1n) is 17.8. The van der Waals surface area contributed by atoms with Gasteiger partial charge >= 0.3 is 0 Å². The molecule has 0 saturated heterocycles. The van der Waals surface area contributed by atoms with Crippen molar-refractivity contribution in [3.8, 4) is 39.3 Å². The summed E-state index contributed by atoms with van der Waals surface area (Å²) in [5.74, 6) is 0. The molecule has 0 aliphatic heterocycles. The molecular weight excluding hydrogens is 631 g/mol. The van der Waals surface area contributed by atoms with Crippen molar-refractivity contribution in [3.05, 3.63) is 188 Å². The predicted molar refractivity (Wildman–Crippen MR) is 218 cm³/mol. The highest BCUT2D eigenvalue weighted by atomic mass is 15.0. The number of para-hydroxylation sites is 2. The van der Waals surface area contributed by atoms with Gasteiger partial charge in [-0.2, -0.15) is 0 Å². The van der Waals surface area contributed by atoms with Gasteiger partial charge in [0, 0.05) is 43.7 Å². The second kappa shape index (κ2) is 11.3. The van der Waals surface area contributed by atoms with Crippen molar-refractivity contribution in [1.29, 1.82) is 0 Å². The molecule has 0 bridgehead atoms. The van der Waals surface area contributed by atoms with Gasteiger partial charge in [-0.1, -0.05) is 140 Å². The van der Waals surface area contributed by atoms with Crippen LogP contribution in [0.1, 0.15) is 0 Å². The number of aromatic nitrogens is 3. The van der Waals surface area contributed by atoms with Crippen molar-refractivity contribution >= 4 is 59.9 Å². The van der Waals surface area contributed by atoms with Crippen molar-refractivity contribution < 1.29 is 0 Å². The van der Waals surface area contributed by atoms with Gasteiger partial charge < -0.3 is 8.97 Å². The summed E-state index contributed by atoms with van der Waals surface area (Å²) >= 11 is 0. The minimum Gasteiger partial charge on any atom is -0.309 e. The van der Waals surface area contributed by atoms with Gasteiger partial charge in [-0.3, -0.25) is 0 Å². The standard InChI is InChI=1S/C49H31N3/c1-3-14-32(15-4-1)36-29-42(33-16-5-2-6-17-33)50-43(30-36)34-19-13-20-37(28-34)51-45-25-12-10-22-39(45)41-26-27-46-48(49(41)51)40-23-9-8-21-38(40)47-31-35-18-7-11-24-44(35)52(46)47/h1-31H. The molecule has 0 N–H and O–H groups in total. The van der Waals surface area contributed by atoms with Gasteiger partial charge in [0.05, 0.1) is 39.0 Å².